The standard InChI is InChI=1S/C18H13FN2O4S/c19-10-3-4-12-13(8-17(22)20-14(12)6-10)18(23)24-9-11-7-15(25-21-11)16-2-1-5-26-16/h1-7,13H,8-9H2,(H,20,22)/t13-/m1/s1. The number of benzene rings is 1. The van der Waals surface area contributed by atoms with Gasteiger partial charge in [0, 0.05) is 18.2 Å². The van der Waals surface area contributed by atoms with Crippen LogP contribution >= 0.6 is 11.3 Å². The first-order valence-electron chi connectivity index (χ1n) is 7.85. The van der Waals surface area contributed by atoms with Crippen molar-refractivity contribution in [2.75, 3.05) is 5.32 Å². The van der Waals surface area contributed by atoms with Gasteiger partial charge in [0.25, 0.3) is 0 Å². The summed E-state index contributed by atoms with van der Waals surface area (Å²) in [5, 5.41) is 8.37. The predicted octanol–water partition coefficient (Wildman–Crippen LogP) is 3.71. The Kier molecular flexibility index (Phi) is 4.26. The van der Waals surface area contributed by atoms with Crippen molar-refractivity contribution in [2.45, 2.75) is 18.9 Å². The van der Waals surface area contributed by atoms with E-state index in [9.17, 15) is 14.0 Å². The summed E-state index contributed by atoms with van der Waals surface area (Å²) >= 11 is 1.51. The number of nitrogens with one attached hydrogen (secondary N) is 1. The number of esters is 1. The number of ether oxygens (including phenoxy) is 1. The molecule has 132 valence electrons. The minimum atomic E-state index is -0.775. The zero-order chi connectivity index (χ0) is 18.1. The van der Waals surface area contributed by atoms with E-state index in [1.807, 2.05) is 17.5 Å². The second-order valence-corrected chi connectivity index (χ2v) is 6.75. The molecule has 0 unspecified atom stereocenters. The summed E-state index contributed by atoms with van der Waals surface area (Å²) < 4.78 is 23.9. The smallest absolute Gasteiger partial charge is 0.314 e. The molecule has 0 spiro atoms. The molecular weight excluding hydrogens is 359 g/mol. The highest BCUT2D eigenvalue weighted by atomic mass is 32.1. The molecule has 3 aromatic rings. The molecule has 1 N–H and O–H groups in total. The number of thiophene rings is 1. The fourth-order valence-corrected chi connectivity index (χ4v) is 3.48. The van der Waals surface area contributed by atoms with E-state index in [1.165, 1.54) is 29.5 Å². The van der Waals surface area contributed by atoms with Crippen LogP contribution in [0.25, 0.3) is 10.6 Å². The molecule has 1 amide bonds. The summed E-state index contributed by atoms with van der Waals surface area (Å²) in [6, 6.07) is 9.43. The molecule has 6 nitrogen and oxygen atoms in total. The lowest BCUT2D eigenvalue weighted by Gasteiger charge is -2.24. The number of hydrogen-bond donors (Lipinski definition) is 1. The van der Waals surface area contributed by atoms with Crippen LogP contribution in [0.15, 0.2) is 46.3 Å². The summed E-state index contributed by atoms with van der Waals surface area (Å²) in [7, 11) is 0. The molecule has 1 aliphatic rings. The molecule has 1 aromatic carbocycles. The molecule has 26 heavy (non-hydrogen) atoms. The Bertz CT molecular complexity index is 967. The van der Waals surface area contributed by atoms with Crippen molar-refractivity contribution in [1.29, 1.82) is 0 Å². The maximum Gasteiger partial charge on any atom is 0.314 e. The van der Waals surface area contributed by atoms with Crippen LogP contribution in [0.2, 0.25) is 0 Å². The van der Waals surface area contributed by atoms with E-state index in [2.05, 4.69) is 10.5 Å². The largest absolute Gasteiger partial charge is 0.459 e. The normalized spacial score (nSPS) is 16.0. The molecular formula is C18H13FN2O4S. The molecule has 1 aliphatic heterocycles. The lowest BCUT2D eigenvalue weighted by atomic mass is 9.90. The van der Waals surface area contributed by atoms with E-state index >= 15 is 0 Å². The van der Waals surface area contributed by atoms with Gasteiger partial charge in [-0.25, -0.2) is 4.39 Å². The fourth-order valence-electron chi connectivity index (χ4n) is 2.81. The Balaban J connectivity index is 1.46. The number of amides is 1. The van der Waals surface area contributed by atoms with Crippen molar-refractivity contribution in [3.05, 3.63) is 58.9 Å². The summed E-state index contributed by atoms with van der Waals surface area (Å²) in [6.07, 6.45) is -0.0449. The molecule has 1 atom stereocenters. The minimum absolute atomic E-state index is 0.0449. The Morgan fingerprint density at radius 3 is 3.08 bits per heavy atom. The zero-order valence-electron chi connectivity index (χ0n) is 13.4. The van der Waals surface area contributed by atoms with Crippen molar-refractivity contribution in [2.24, 2.45) is 0 Å². The van der Waals surface area contributed by atoms with Crippen LogP contribution in [0, 0.1) is 5.82 Å². The van der Waals surface area contributed by atoms with E-state index in [1.54, 1.807) is 6.07 Å². The van der Waals surface area contributed by atoms with Gasteiger partial charge in [0.05, 0.1) is 10.8 Å². The topological polar surface area (TPSA) is 81.4 Å². The van der Waals surface area contributed by atoms with Crippen molar-refractivity contribution >= 4 is 28.9 Å². The Hall–Kier alpha value is -3.00. The van der Waals surface area contributed by atoms with Crippen LogP contribution in [0.5, 0.6) is 0 Å². The molecule has 3 heterocycles. The van der Waals surface area contributed by atoms with Crippen molar-refractivity contribution in [3.63, 3.8) is 0 Å². The van der Waals surface area contributed by atoms with Gasteiger partial charge < -0.3 is 14.6 Å². The summed E-state index contributed by atoms with van der Waals surface area (Å²) in [4.78, 5) is 25.2. The van der Waals surface area contributed by atoms with Crippen molar-refractivity contribution in [3.8, 4) is 10.6 Å². The van der Waals surface area contributed by atoms with Gasteiger partial charge in [0.1, 0.15) is 18.1 Å². The highest BCUT2D eigenvalue weighted by Crippen LogP contribution is 2.34. The first-order valence-corrected chi connectivity index (χ1v) is 8.73. The highest BCUT2D eigenvalue weighted by Gasteiger charge is 2.32. The summed E-state index contributed by atoms with van der Waals surface area (Å²) in [6.45, 7) is -0.0671. The van der Waals surface area contributed by atoms with Crippen LogP contribution < -0.4 is 5.32 Å². The molecule has 0 radical (unpaired) electrons. The van der Waals surface area contributed by atoms with Gasteiger partial charge in [-0.1, -0.05) is 17.3 Å². The first-order chi connectivity index (χ1) is 12.6. The second-order valence-electron chi connectivity index (χ2n) is 5.80. The maximum absolute atomic E-state index is 13.4. The first kappa shape index (κ1) is 16.5. The van der Waals surface area contributed by atoms with Gasteiger partial charge >= 0.3 is 5.97 Å². The summed E-state index contributed by atoms with van der Waals surface area (Å²) in [5.41, 5.74) is 1.31. The van der Waals surface area contributed by atoms with Crippen LogP contribution in [0.1, 0.15) is 23.6 Å². The third-order valence-corrected chi connectivity index (χ3v) is 4.91. The monoisotopic (exact) mass is 372 g/mol. The number of hydrogen-bond acceptors (Lipinski definition) is 6. The van der Waals surface area contributed by atoms with E-state index in [0.717, 1.165) is 4.88 Å². The highest BCUT2D eigenvalue weighted by molar-refractivity contribution is 7.13. The minimum Gasteiger partial charge on any atom is -0.459 e. The number of aromatic nitrogens is 1. The predicted molar refractivity (Wildman–Crippen MR) is 92.0 cm³/mol. The lowest BCUT2D eigenvalue weighted by molar-refractivity contribution is -0.148. The van der Waals surface area contributed by atoms with Crippen molar-refractivity contribution < 1.29 is 23.2 Å². The van der Waals surface area contributed by atoms with Crippen molar-refractivity contribution in [1.82, 2.24) is 5.16 Å². The van der Waals surface area contributed by atoms with Gasteiger partial charge in [0.15, 0.2) is 5.76 Å². The van der Waals surface area contributed by atoms with Gasteiger partial charge in [-0.3, -0.25) is 9.59 Å². The third-order valence-electron chi connectivity index (χ3n) is 4.02. The number of halogens is 1. The van der Waals surface area contributed by atoms with E-state index in [-0.39, 0.29) is 18.9 Å². The van der Waals surface area contributed by atoms with Crippen LogP contribution in [0.4, 0.5) is 10.1 Å². The molecule has 0 aliphatic carbocycles. The SMILES string of the molecule is O=C1C[C@@H](C(=O)OCc2cc(-c3cccs3)on2)c2ccc(F)cc2N1. The maximum atomic E-state index is 13.4. The molecule has 0 saturated carbocycles. The second kappa shape index (κ2) is 6.72. The molecule has 2 aromatic heterocycles. The number of carbonyl (C=O) groups is 2. The Morgan fingerprint density at radius 1 is 1.38 bits per heavy atom. The number of rotatable bonds is 4. The molecule has 8 heteroatoms. The number of fused-ring (bicyclic) bond motifs is 1. The Morgan fingerprint density at radius 2 is 2.27 bits per heavy atom. The molecule has 4 rings (SSSR count). The van der Waals surface area contributed by atoms with Crippen LogP contribution in [-0.4, -0.2) is 17.0 Å². The van der Waals surface area contributed by atoms with Gasteiger partial charge in [0.2, 0.25) is 5.91 Å². The van der Waals surface area contributed by atoms with E-state index < -0.39 is 17.7 Å². The van der Waals surface area contributed by atoms with E-state index in [0.29, 0.717) is 22.7 Å². The number of nitrogens with zero attached hydrogens (tertiary/aromatic N) is 1. The van der Waals surface area contributed by atoms with E-state index in [4.69, 9.17) is 9.26 Å². The van der Waals surface area contributed by atoms with Gasteiger partial charge in [-0.05, 0) is 29.1 Å². The average molecular weight is 372 g/mol. The summed E-state index contributed by atoms with van der Waals surface area (Å²) in [5.74, 6) is -1.58. The Labute approximate surface area is 151 Å². The number of carbonyl (C=O) groups excluding carboxylic acids is 2. The lowest BCUT2D eigenvalue weighted by Crippen LogP contribution is -2.28. The zero-order valence-corrected chi connectivity index (χ0v) is 14.2. The number of anilines is 1. The van der Waals surface area contributed by atoms with Gasteiger partial charge in [-0.2, -0.15) is 0 Å². The molecule has 0 fully saturated rings. The average Bonchev–Trinajstić information content (AvgIpc) is 3.29. The quantitative estimate of drug-likeness (QED) is 0.706. The third kappa shape index (κ3) is 3.23. The van der Waals surface area contributed by atoms with Crippen LogP contribution in [0.3, 0.4) is 0 Å². The fraction of sp³-hybridized carbons (Fsp3) is 0.167. The van der Waals surface area contributed by atoms with Crippen LogP contribution in [-0.2, 0) is 20.9 Å². The molecule has 0 bridgehead atoms. The van der Waals surface area contributed by atoms with Gasteiger partial charge in [-0.15, -0.1) is 11.3 Å². The molecule has 0 saturated heterocycles.